The van der Waals surface area contributed by atoms with Crippen molar-refractivity contribution in [2.75, 3.05) is 11.9 Å². The SMILES string of the molecule is Cn1nccc1CCNc1cc(F)c(F)c(F)c1. The van der Waals surface area contributed by atoms with Crippen LogP contribution in [0.1, 0.15) is 5.69 Å². The van der Waals surface area contributed by atoms with Crippen molar-refractivity contribution in [3.05, 3.63) is 47.5 Å². The van der Waals surface area contributed by atoms with E-state index in [0.717, 1.165) is 17.8 Å². The maximum absolute atomic E-state index is 12.9. The van der Waals surface area contributed by atoms with Crippen molar-refractivity contribution >= 4 is 5.69 Å². The molecule has 2 aromatic rings. The number of nitrogens with zero attached hydrogens (tertiary/aromatic N) is 2. The highest BCUT2D eigenvalue weighted by molar-refractivity contribution is 5.44. The monoisotopic (exact) mass is 255 g/mol. The molecule has 0 aliphatic carbocycles. The van der Waals surface area contributed by atoms with Gasteiger partial charge in [-0.05, 0) is 6.07 Å². The fourth-order valence-electron chi connectivity index (χ4n) is 1.64. The lowest BCUT2D eigenvalue weighted by molar-refractivity contribution is 0.447. The van der Waals surface area contributed by atoms with Crippen LogP contribution in [0.25, 0.3) is 0 Å². The first-order valence-corrected chi connectivity index (χ1v) is 5.43. The van der Waals surface area contributed by atoms with Crippen molar-refractivity contribution in [2.45, 2.75) is 6.42 Å². The van der Waals surface area contributed by atoms with Gasteiger partial charge in [-0.2, -0.15) is 5.10 Å². The molecule has 1 N–H and O–H groups in total. The third kappa shape index (κ3) is 2.64. The van der Waals surface area contributed by atoms with Gasteiger partial charge < -0.3 is 5.32 Å². The summed E-state index contributed by atoms with van der Waals surface area (Å²) in [5.74, 6) is -3.84. The minimum absolute atomic E-state index is 0.216. The van der Waals surface area contributed by atoms with Gasteiger partial charge in [0.1, 0.15) is 0 Å². The van der Waals surface area contributed by atoms with E-state index in [1.54, 1.807) is 10.9 Å². The lowest BCUT2D eigenvalue weighted by Gasteiger charge is -2.07. The van der Waals surface area contributed by atoms with Crippen LogP contribution in [0.2, 0.25) is 0 Å². The van der Waals surface area contributed by atoms with Gasteiger partial charge >= 0.3 is 0 Å². The van der Waals surface area contributed by atoms with Crippen molar-refractivity contribution in [1.29, 1.82) is 0 Å². The summed E-state index contributed by atoms with van der Waals surface area (Å²) in [5, 5.41) is 6.83. The zero-order valence-electron chi connectivity index (χ0n) is 9.75. The zero-order chi connectivity index (χ0) is 13.1. The van der Waals surface area contributed by atoms with Gasteiger partial charge in [-0.25, -0.2) is 13.2 Å². The van der Waals surface area contributed by atoms with Gasteiger partial charge in [0, 0.05) is 49.7 Å². The van der Waals surface area contributed by atoms with Crippen LogP contribution >= 0.6 is 0 Å². The van der Waals surface area contributed by atoms with Gasteiger partial charge in [-0.15, -0.1) is 0 Å². The highest BCUT2D eigenvalue weighted by Gasteiger charge is 2.10. The number of nitrogens with one attached hydrogen (secondary N) is 1. The van der Waals surface area contributed by atoms with Gasteiger partial charge in [0.2, 0.25) is 0 Å². The van der Waals surface area contributed by atoms with Crippen LogP contribution in [0.4, 0.5) is 18.9 Å². The van der Waals surface area contributed by atoms with Gasteiger partial charge in [0.25, 0.3) is 0 Å². The molecule has 1 aromatic carbocycles. The van der Waals surface area contributed by atoms with Crippen LogP contribution in [-0.2, 0) is 13.5 Å². The van der Waals surface area contributed by atoms with Crippen LogP contribution in [0, 0.1) is 17.5 Å². The normalized spacial score (nSPS) is 10.7. The van der Waals surface area contributed by atoms with E-state index < -0.39 is 17.5 Å². The summed E-state index contributed by atoms with van der Waals surface area (Å²) in [5.41, 5.74) is 1.21. The Morgan fingerprint density at radius 1 is 1.22 bits per heavy atom. The molecule has 0 unspecified atom stereocenters. The molecule has 0 saturated heterocycles. The molecule has 0 spiro atoms. The quantitative estimate of drug-likeness (QED) is 0.851. The molecule has 0 amide bonds. The molecule has 6 heteroatoms. The second-order valence-electron chi connectivity index (χ2n) is 3.88. The number of rotatable bonds is 4. The standard InChI is InChI=1S/C12H12F3N3/c1-18-9(3-5-17-18)2-4-16-8-6-10(13)12(15)11(14)7-8/h3,5-7,16H,2,4H2,1H3. The van der Waals surface area contributed by atoms with E-state index in [1.807, 2.05) is 13.1 Å². The molecule has 0 saturated carbocycles. The molecular weight excluding hydrogens is 243 g/mol. The molecule has 18 heavy (non-hydrogen) atoms. The smallest absolute Gasteiger partial charge is 0.194 e. The molecule has 0 atom stereocenters. The van der Waals surface area contributed by atoms with Gasteiger partial charge in [-0.3, -0.25) is 4.68 Å². The maximum Gasteiger partial charge on any atom is 0.194 e. The predicted molar refractivity (Wildman–Crippen MR) is 61.7 cm³/mol. The third-order valence-electron chi connectivity index (χ3n) is 2.62. The summed E-state index contributed by atoms with van der Waals surface area (Å²) in [6, 6.07) is 3.72. The van der Waals surface area contributed by atoms with Gasteiger partial charge in [0.15, 0.2) is 17.5 Å². The Morgan fingerprint density at radius 2 is 1.89 bits per heavy atom. The Kier molecular flexibility index (Phi) is 3.55. The van der Waals surface area contributed by atoms with E-state index in [9.17, 15) is 13.2 Å². The van der Waals surface area contributed by atoms with Crippen LogP contribution < -0.4 is 5.32 Å². The molecule has 3 nitrogen and oxygen atoms in total. The largest absolute Gasteiger partial charge is 0.384 e. The Bertz CT molecular complexity index is 528. The summed E-state index contributed by atoms with van der Waals surface area (Å²) < 4.78 is 40.3. The molecule has 1 heterocycles. The first-order valence-electron chi connectivity index (χ1n) is 5.43. The van der Waals surface area contributed by atoms with Crippen molar-refractivity contribution in [3.8, 4) is 0 Å². The Labute approximate surface area is 102 Å². The first kappa shape index (κ1) is 12.5. The minimum Gasteiger partial charge on any atom is -0.384 e. The number of hydrogen-bond donors (Lipinski definition) is 1. The van der Waals surface area contributed by atoms with E-state index in [-0.39, 0.29) is 5.69 Å². The van der Waals surface area contributed by atoms with Crippen molar-refractivity contribution in [2.24, 2.45) is 7.05 Å². The van der Waals surface area contributed by atoms with Gasteiger partial charge in [0.05, 0.1) is 0 Å². The molecule has 96 valence electrons. The molecule has 2 rings (SSSR count). The van der Waals surface area contributed by atoms with Crippen LogP contribution in [0.15, 0.2) is 24.4 Å². The number of halogens is 3. The van der Waals surface area contributed by atoms with Crippen molar-refractivity contribution in [1.82, 2.24) is 9.78 Å². The summed E-state index contributed by atoms with van der Waals surface area (Å²) in [4.78, 5) is 0. The second kappa shape index (κ2) is 5.12. The average molecular weight is 255 g/mol. The van der Waals surface area contributed by atoms with Crippen molar-refractivity contribution in [3.63, 3.8) is 0 Å². The number of hydrogen-bond acceptors (Lipinski definition) is 2. The zero-order valence-corrected chi connectivity index (χ0v) is 9.75. The van der Waals surface area contributed by atoms with E-state index in [4.69, 9.17) is 0 Å². The predicted octanol–water partition coefficient (Wildman–Crippen LogP) is 2.49. The maximum atomic E-state index is 12.9. The number of aromatic nitrogens is 2. The Morgan fingerprint density at radius 3 is 2.44 bits per heavy atom. The Hall–Kier alpha value is -1.98. The molecule has 0 aliphatic rings. The van der Waals surface area contributed by atoms with E-state index in [2.05, 4.69) is 10.4 Å². The highest BCUT2D eigenvalue weighted by Crippen LogP contribution is 2.17. The highest BCUT2D eigenvalue weighted by atomic mass is 19.2. The topological polar surface area (TPSA) is 29.9 Å². The summed E-state index contributed by atoms with van der Waals surface area (Å²) in [6.07, 6.45) is 2.32. The Balaban J connectivity index is 1.97. The fraction of sp³-hybridized carbons (Fsp3) is 0.250. The lowest BCUT2D eigenvalue weighted by atomic mass is 10.2. The van der Waals surface area contributed by atoms with E-state index in [1.165, 1.54) is 0 Å². The van der Waals surface area contributed by atoms with Crippen LogP contribution in [-0.4, -0.2) is 16.3 Å². The lowest BCUT2D eigenvalue weighted by Crippen LogP contribution is -2.09. The fourth-order valence-corrected chi connectivity index (χ4v) is 1.64. The number of aryl methyl sites for hydroxylation is 1. The molecule has 0 fully saturated rings. The summed E-state index contributed by atoms with van der Waals surface area (Å²) in [7, 11) is 1.81. The van der Waals surface area contributed by atoms with Crippen LogP contribution in [0.5, 0.6) is 0 Å². The molecule has 0 radical (unpaired) electrons. The van der Waals surface area contributed by atoms with Crippen LogP contribution in [0.3, 0.4) is 0 Å². The third-order valence-corrected chi connectivity index (χ3v) is 2.62. The molecular formula is C12H12F3N3. The number of benzene rings is 1. The average Bonchev–Trinajstić information content (AvgIpc) is 2.72. The van der Waals surface area contributed by atoms with E-state index >= 15 is 0 Å². The van der Waals surface area contributed by atoms with Crippen molar-refractivity contribution < 1.29 is 13.2 Å². The van der Waals surface area contributed by atoms with E-state index in [0.29, 0.717) is 13.0 Å². The second-order valence-corrected chi connectivity index (χ2v) is 3.88. The summed E-state index contributed by atoms with van der Waals surface area (Å²) >= 11 is 0. The first-order chi connectivity index (χ1) is 8.58. The minimum atomic E-state index is -1.45. The molecule has 1 aromatic heterocycles. The molecule has 0 bridgehead atoms. The number of anilines is 1. The van der Waals surface area contributed by atoms with Gasteiger partial charge in [-0.1, -0.05) is 0 Å². The summed E-state index contributed by atoms with van der Waals surface area (Å²) in [6.45, 7) is 0.476. The molecule has 0 aliphatic heterocycles.